The van der Waals surface area contributed by atoms with E-state index in [4.69, 9.17) is 0 Å². The number of carbonyl (C=O) groups excluding carboxylic acids is 1. The van der Waals surface area contributed by atoms with E-state index in [-0.39, 0.29) is 11.9 Å². The first-order chi connectivity index (χ1) is 11.3. The van der Waals surface area contributed by atoms with E-state index in [1.165, 1.54) is 10.9 Å². The highest BCUT2D eigenvalue weighted by atomic mass is 16.2. The molecule has 1 N–H and O–H groups in total. The molecule has 1 atom stereocenters. The number of para-hydroxylation sites is 1. The van der Waals surface area contributed by atoms with E-state index in [9.17, 15) is 4.79 Å². The number of hydrogen-bond acceptors (Lipinski definition) is 1. The third kappa shape index (κ3) is 2.15. The van der Waals surface area contributed by atoms with Crippen LogP contribution in [0.3, 0.4) is 0 Å². The van der Waals surface area contributed by atoms with Gasteiger partial charge in [-0.05, 0) is 24.1 Å². The molecule has 116 valence electrons. The number of carbonyl (C=O) groups is 1. The highest BCUT2D eigenvalue weighted by Crippen LogP contribution is 2.41. The van der Waals surface area contributed by atoms with Gasteiger partial charge in [-0.3, -0.25) is 4.79 Å². The summed E-state index contributed by atoms with van der Waals surface area (Å²) in [6.45, 7) is 2.96. The highest BCUT2D eigenvalue weighted by Gasteiger charge is 2.37. The minimum Gasteiger partial charge on any atom is -0.361 e. The van der Waals surface area contributed by atoms with Crippen molar-refractivity contribution in [1.29, 1.82) is 0 Å². The quantitative estimate of drug-likeness (QED) is 0.756. The number of amides is 1. The van der Waals surface area contributed by atoms with Crippen molar-refractivity contribution in [3.8, 4) is 0 Å². The Morgan fingerprint density at radius 3 is 2.70 bits per heavy atom. The Kier molecular flexibility index (Phi) is 3.41. The van der Waals surface area contributed by atoms with Crippen LogP contribution in [0.25, 0.3) is 10.9 Å². The normalized spacial score (nSPS) is 17.0. The van der Waals surface area contributed by atoms with Gasteiger partial charge in [0.2, 0.25) is 0 Å². The van der Waals surface area contributed by atoms with Gasteiger partial charge < -0.3 is 9.88 Å². The lowest BCUT2D eigenvalue weighted by Gasteiger charge is -2.25. The van der Waals surface area contributed by atoms with Crippen molar-refractivity contribution < 1.29 is 4.79 Å². The summed E-state index contributed by atoms with van der Waals surface area (Å²) in [6, 6.07) is 16.3. The molecule has 0 spiro atoms. The van der Waals surface area contributed by atoms with Crippen LogP contribution >= 0.6 is 0 Å². The smallest absolute Gasteiger partial charge is 0.255 e. The number of fused-ring (bicyclic) bond motifs is 2. The molecule has 0 bridgehead atoms. The van der Waals surface area contributed by atoms with Crippen molar-refractivity contribution in [2.24, 2.45) is 0 Å². The fourth-order valence-electron chi connectivity index (χ4n) is 3.58. The van der Waals surface area contributed by atoms with Gasteiger partial charge in [-0.1, -0.05) is 49.7 Å². The molecule has 0 saturated heterocycles. The fourth-order valence-corrected chi connectivity index (χ4v) is 3.58. The molecule has 1 aliphatic rings. The van der Waals surface area contributed by atoms with Crippen LogP contribution in [0.2, 0.25) is 0 Å². The lowest BCUT2D eigenvalue weighted by atomic mass is 9.97. The lowest BCUT2D eigenvalue weighted by molar-refractivity contribution is 0.0748. The SMILES string of the molecule is CCCCN1C(=O)c2ccccc2[C@@H]1c1c[nH]c2ccccc12. The zero-order valence-electron chi connectivity index (χ0n) is 13.3. The predicted octanol–water partition coefficient (Wildman–Crippen LogP) is 4.51. The van der Waals surface area contributed by atoms with Crippen LogP contribution in [0, 0.1) is 0 Å². The molecule has 0 unspecified atom stereocenters. The number of H-pyrrole nitrogens is 1. The average molecular weight is 304 g/mol. The molecule has 2 aromatic carbocycles. The van der Waals surface area contributed by atoms with E-state index in [0.29, 0.717) is 0 Å². The minimum absolute atomic E-state index is 0.0152. The molecule has 4 rings (SSSR count). The maximum absolute atomic E-state index is 12.9. The summed E-state index contributed by atoms with van der Waals surface area (Å²) in [6.07, 6.45) is 4.17. The van der Waals surface area contributed by atoms with Gasteiger partial charge in [0.1, 0.15) is 0 Å². The van der Waals surface area contributed by atoms with Gasteiger partial charge in [-0.2, -0.15) is 0 Å². The summed E-state index contributed by atoms with van der Waals surface area (Å²) in [7, 11) is 0. The third-order valence-corrected chi connectivity index (χ3v) is 4.73. The number of nitrogens with one attached hydrogen (secondary N) is 1. The molecule has 0 saturated carbocycles. The molecule has 23 heavy (non-hydrogen) atoms. The molecule has 1 amide bonds. The largest absolute Gasteiger partial charge is 0.361 e. The second kappa shape index (κ2) is 5.58. The van der Waals surface area contributed by atoms with Crippen molar-refractivity contribution in [2.45, 2.75) is 25.8 Å². The molecule has 0 aliphatic carbocycles. The Balaban J connectivity index is 1.87. The van der Waals surface area contributed by atoms with Crippen LogP contribution in [0.1, 0.15) is 47.3 Å². The fraction of sp³-hybridized carbons (Fsp3) is 0.250. The maximum Gasteiger partial charge on any atom is 0.255 e. The number of aromatic nitrogens is 1. The van der Waals surface area contributed by atoms with E-state index in [1.807, 2.05) is 29.2 Å². The van der Waals surface area contributed by atoms with Crippen LogP contribution in [-0.4, -0.2) is 22.3 Å². The summed E-state index contributed by atoms with van der Waals surface area (Å²) in [5, 5.41) is 1.20. The summed E-state index contributed by atoms with van der Waals surface area (Å²) < 4.78 is 0. The van der Waals surface area contributed by atoms with Crippen LogP contribution in [-0.2, 0) is 0 Å². The van der Waals surface area contributed by atoms with Gasteiger partial charge in [0.05, 0.1) is 6.04 Å². The lowest BCUT2D eigenvalue weighted by Crippen LogP contribution is -2.29. The Bertz CT molecular complexity index is 865. The molecule has 1 aromatic heterocycles. The van der Waals surface area contributed by atoms with Crippen molar-refractivity contribution in [2.75, 3.05) is 6.54 Å². The van der Waals surface area contributed by atoms with Gasteiger partial charge in [0.15, 0.2) is 0 Å². The number of aromatic amines is 1. The molecule has 3 heteroatoms. The van der Waals surface area contributed by atoms with Gasteiger partial charge in [-0.25, -0.2) is 0 Å². The Morgan fingerprint density at radius 2 is 1.83 bits per heavy atom. The molecular weight excluding hydrogens is 284 g/mol. The van der Waals surface area contributed by atoms with Crippen molar-refractivity contribution in [3.05, 3.63) is 71.4 Å². The first-order valence-electron chi connectivity index (χ1n) is 8.27. The zero-order valence-corrected chi connectivity index (χ0v) is 13.3. The maximum atomic E-state index is 12.9. The van der Waals surface area contributed by atoms with Crippen LogP contribution < -0.4 is 0 Å². The molecule has 2 heterocycles. The van der Waals surface area contributed by atoms with Gasteiger partial charge >= 0.3 is 0 Å². The molecule has 0 fully saturated rings. The standard InChI is InChI=1S/C20H20N2O/c1-2-3-12-22-19(15-9-4-5-10-16(15)20(22)23)17-13-21-18-11-7-6-8-14(17)18/h4-11,13,19,21H,2-3,12H2,1H3/t19-/m1/s1. The second-order valence-electron chi connectivity index (χ2n) is 6.13. The number of hydrogen-bond donors (Lipinski definition) is 1. The second-order valence-corrected chi connectivity index (χ2v) is 6.13. The summed E-state index contributed by atoms with van der Waals surface area (Å²) in [5.74, 6) is 0.157. The number of nitrogens with zero attached hydrogens (tertiary/aromatic N) is 1. The van der Waals surface area contributed by atoms with Gasteiger partial charge in [0, 0.05) is 34.8 Å². The number of unbranched alkanes of at least 4 members (excludes halogenated alkanes) is 1. The first kappa shape index (κ1) is 14.1. The van der Waals surface area contributed by atoms with E-state index >= 15 is 0 Å². The van der Waals surface area contributed by atoms with Crippen molar-refractivity contribution in [3.63, 3.8) is 0 Å². The molecular formula is C20H20N2O. The minimum atomic E-state index is 0.0152. The van der Waals surface area contributed by atoms with Crippen LogP contribution in [0.4, 0.5) is 0 Å². The predicted molar refractivity (Wildman–Crippen MR) is 92.5 cm³/mol. The van der Waals surface area contributed by atoms with Crippen LogP contribution in [0.5, 0.6) is 0 Å². The van der Waals surface area contributed by atoms with E-state index < -0.39 is 0 Å². The third-order valence-electron chi connectivity index (χ3n) is 4.73. The molecule has 3 nitrogen and oxygen atoms in total. The summed E-state index contributed by atoms with van der Waals surface area (Å²) >= 11 is 0. The monoisotopic (exact) mass is 304 g/mol. The number of benzene rings is 2. The first-order valence-corrected chi connectivity index (χ1v) is 8.27. The zero-order chi connectivity index (χ0) is 15.8. The molecule has 0 radical (unpaired) electrons. The molecule has 1 aliphatic heterocycles. The summed E-state index contributed by atoms with van der Waals surface area (Å²) in [4.78, 5) is 18.2. The highest BCUT2D eigenvalue weighted by molar-refractivity contribution is 6.00. The summed E-state index contributed by atoms with van der Waals surface area (Å²) in [5.41, 5.74) is 4.28. The Morgan fingerprint density at radius 1 is 1.04 bits per heavy atom. The average Bonchev–Trinajstić information content (AvgIpc) is 3.13. The van der Waals surface area contributed by atoms with Crippen molar-refractivity contribution >= 4 is 16.8 Å². The van der Waals surface area contributed by atoms with Gasteiger partial charge in [0.25, 0.3) is 5.91 Å². The molecule has 3 aromatic rings. The van der Waals surface area contributed by atoms with Crippen LogP contribution in [0.15, 0.2) is 54.7 Å². The Hall–Kier alpha value is -2.55. The van der Waals surface area contributed by atoms with Gasteiger partial charge in [-0.15, -0.1) is 0 Å². The van der Waals surface area contributed by atoms with Crippen molar-refractivity contribution in [1.82, 2.24) is 9.88 Å². The Labute approximate surface area is 135 Å². The van der Waals surface area contributed by atoms with E-state index in [2.05, 4.69) is 42.4 Å². The topological polar surface area (TPSA) is 36.1 Å². The number of rotatable bonds is 4. The van der Waals surface area contributed by atoms with E-state index in [1.54, 1.807) is 0 Å². The van der Waals surface area contributed by atoms with E-state index in [0.717, 1.165) is 36.0 Å².